The lowest BCUT2D eigenvalue weighted by Gasteiger charge is -2.24. The second-order valence-electron chi connectivity index (χ2n) is 5.33. The van der Waals surface area contributed by atoms with Crippen molar-refractivity contribution in [3.05, 3.63) is 0 Å². The van der Waals surface area contributed by atoms with Gasteiger partial charge in [-0.15, -0.1) is 0 Å². The van der Waals surface area contributed by atoms with Crippen LogP contribution in [-0.2, 0) is 4.79 Å². The van der Waals surface area contributed by atoms with Crippen LogP contribution in [0.15, 0.2) is 0 Å². The van der Waals surface area contributed by atoms with Gasteiger partial charge in [0, 0.05) is 12.5 Å². The minimum atomic E-state index is -0.635. The van der Waals surface area contributed by atoms with E-state index in [-0.39, 0.29) is 17.9 Å². The number of hydrogen-bond acceptors (Lipinski definition) is 3. The first kappa shape index (κ1) is 11.9. The van der Waals surface area contributed by atoms with Crippen LogP contribution >= 0.6 is 0 Å². The molecular formula is C12H22N2O2. The Kier molecular flexibility index (Phi) is 3.50. The first-order chi connectivity index (χ1) is 7.62. The topological polar surface area (TPSA) is 75.4 Å². The Morgan fingerprint density at radius 2 is 2.00 bits per heavy atom. The van der Waals surface area contributed by atoms with E-state index < -0.39 is 5.54 Å². The Hall–Kier alpha value is -0.610. The van der Waals surface area contributed by atoms with Crippen LogP contribution in [-0.4, -0.2) is 29.2 Å². The van der Waals surface area contributed by atoms with Gasteiger partial charge in [-0.25, -0.2) is 0 Å². The van der Waals surface area contributed by atoms with Gasteiger partial charge in [-0.2, -0.15) is 0 Å². The first-order valence-corrected chi connectivity index (χ1v) is 6.37. The molecule has 2 saturated carbocycles. The number of aliphatic hydroxyl groups excluding tert-OH is 1. The molecule has 2 aliphatic rings. The number of rotatable bonds is 3. The van der Waals surface area contributed by atoms with Gasteiger partial charge in [0.1, 0.15) is 0 Å². The summed E-state index contributed by atoms with van der Waals surface area (Å²) in [6, 6.07) is 0. The highest BCUT2D eigenvalue weighted by atomic mass is 16.3. The Labute approximate surface area is 96.6 Å². The molecule has 0 aromatic rings. The molecule has 0 aromatic heterocycles. The lowest BCUT2D eigenvalue weighted by molar-refractivity contribution is -0.126. The molecule has 4 heteroatoms. The summed E-state index contributed by atoms with van der Waals surface area (Å²) in [6.07, 6.45) is 6.41. The van der Waals surface area contributed by atoms with Crippen LogP contribution in [0, 0.1) is 5.92 Å². The highest BCUT2D eigenvalue weighted by Gasteiger charge is 2.37. The molecule has 0 aromatic carbocycles. The molecule has 4 nitrogen and oxygen atoms in total. The fourth-order valence-corrected chi connectivity index (χ4v) is 2.89. The SMILES string of the molecule is NC1(C(=O)NCC2CCCC2O)CCCC1. The van der Waals surface area contributed by atoms with Gasteiger partial charge in [0.15, 0.2) is 0 Å². The van der Waals surface area contributed by atoms with Crippen LogP contribution in [0.1, 0.15) is 44.9 Å². The van der Waals surface area contributed by atoms with Gasteiger partial charge in [-0.05, 0) is 25.7 Å². The van der Waals surface area contributed by atoms with Crippen molar-refractivity contribution in [3.63, 3.8) is 0 Å². The summed E-state index contributed by atoms with van der Waals surface area (Å²) in [7, 11) is 0. The van der Waals surface area contributed by atoms with Crippen molar-refractivity contribution in [1.82, 2.24) is 5.32 Å². The van der Waals surface area contributed by atoms with E-state index in [0.29, 0.717) is 6.54 Å². The van der Waals surface area contributed by atoms with Crippen molar-refractivity contribution in [2.24, 2.45) is 11.7 Å². The minimum absolute atomic E-state index is 0.0240. The summed E-state index contributed by atoms with van der Waals surface area (Å²) in [5, 5.41) is 12.6. The van der Waals surface area contributed by atoms with E-state index in [1.54, 1.807) is 0 Å². The zero-order valence-electron chi connectivity index (χ0n) is 9.74. The third-order valence-electron chi connectivity index (χ3n) is 4.09. The summed E-state index contributed by atoms with van der Waals surface area (Å²) in [6.45, 7) is 0.582. The Bertz CT molecular complexity index is 262. The molecule has 2 atom stereocenters. The van der Waals surface area contributed by atoms with Gasteiger partial charge in [0.05, 0.1) is 11.6 Å². The normalized spacial score (nSPS) is 32.9. The molecule has 0 spiro atoms. The molecule has 0 radical (unpaired) electrons. The number of carbonyl (C=O) groups is 1. The van der Waals surface area contributed by atoms with Crippen LogP contribution < -0.4 is 11.1 Å². The van der Waals surface area contributed by atoms with Crippen molar-refractivity contribution in [3.8, 4) is 0 Å². The molecule has 0 bridgehead atoms. The molecule has 4 N–H and O–H groups in total. The number of carbonyl (C=O) groups excluding carboxylic acids is 1. The van der Waals surface area contributed by atoms with Gasteiger partial charge in [-0.1, -0.05) is 19.3 Å². The van der Waals surface area contributed by atoms with E-state index in [9.17, 15) is 9.90 Å². The molecular weight excluding hydrogens is 204 g/mol. The van der Waals surface area contributed by atoms with Crippen molar-refractivity contribution in [2.45, 2.75) is 56.6 Å². The predicted octanol–water partition coefficient (Wildman–Crippen LogP) is 0.535. The van der Waals surface area contributed by atoms with Crippen molar-refractivity contribution in [2.75, 3.05) is 6.54 Å². The van der Waals surface area contributed by atoms with Gasteiger partial charge < -0.3 is 16.2 Å². The summed E-state index contributed by atoms with van der Waals surface area (Å²) in [5.74, 6) is 0.207. The number of hydrogen-bond donors (Lipinski definition) is 3. The molecule has 2 unspecified atom stereocenters. The van der Waals surface area contributed by atoms with Gasteiger partial charge in [0.25, 0.3) is 0 Å². The quantitative estimate of drug-likeness (QED) is 0.657. The number of nitrogens with one attached hydrogen (secondary N) is 1. The fraction of sp³-hybridized carbons (Fsp3) is 0.917. The predicted molar refractivity (Wildman–Crippen MR) is 61.7 cm³/mol. The van der Waals surface area contributed by atoms with Crippen LogP contribution in [0.25, 0.3) is 0 Å². The molecule has 2 rings (SSSR count). The Balaban J connectivity index is 1.79. The van der Waals surface area contributed by atoms with Crippen molar-refractivity contribution >= 4 is 5.91 Å². The average molecular weight is 226 g/mol. The summed E-state index contributed by atoms with van der Waals surface area (Å²) >= 11 is 0. The van der Waals surface area contributed by atoms with E-state index in [2.05, 4.69) is 5.32 Å². The molecule has 1 amide bonds. The van der Waals surface area contributed by atoms with Gasteiger partial charge in [0.2, 0.25) is 5.91 Å². The first-order valence-electron chi connectivity index (χ1n) is 6.37. The third kappa shape index (κ3) is 2.38. The number of aliphatic hydroxyl groups is 1. The van der Waals surface area contributed by atoms with Crippen LogP contribution in [0.2, 0.25) is 0 Å². The summed E-state index contributed by atoms with van der Waals surface area (Å²) < 4.78 is 0. The van der Waals surface area contributed by atoms with Gasteiger partial charge >= 0.3 is 0 Å². The fourth-order valence-electron chi connectivity index (χ4n) is 2.89. The second-order valence-corrected chi connectivity index (χ2v) is 5.33. The summed E-state index contributed by atoms with van der Waals surface area (Å²) in [5.41, 5.74) is 5.41. The number of amides is 1. The van der Waals surface area contributed by atoms with Crippen molar-refractivity contribution < 1.29 is 9.90 Å². The van der Waals surface area contributed by atoms with E-state index >= 15 is 0 Å². The molecule has 0 heterocycles. The largest absolute Gasteiger partial charge is 0.393 e. The van der Waals surface area contributed by atoms with E-state index in [4.69, 9.17) is 5.73 Å². The maximum atomic E-state index is 11.9. The Morgan fingerprint density at radius 1 is 1.31 bits per heavy atom. The van der Waals surface area contributed by atoms with Crippen LogP contribution in [0.4, 0.5) is 0 Å². The molecule has 0 aliphatic heterocycles. The third-order valence-corrected chi connectivity index (χ3v) is 4.09. The van der Waals surface area contributed by atoms with Crippen molar-refractivity contribution in [1.29, 1.82) is 0 Å². The lowest BCUT2D eigenvalue weighted by Crippen LogP contribution is -2.53. The molecule has 92 valence electrons. The van der Waals surface area contributed by atoms with Crippen LogP contribution in [0.5, 0.6) is 0 Å². The maximum absolute atomic E-state index is 11.9. The van der Waals surface area contributed by atoms with E-state index in [1.807, 2.05) is 0 Å². The monoisotopic (exact) mass is 226 g/mol. The highest BCUT2D eigenvalue weighted by molar-refractivity contribution is 5.86. The lowest BCUT2D eigenvalue weighted by atomic mass is 9.97. The second kappa shape index (κ2) is 4.72. The average Bonchev–Trinajstić information content (AvgIpc) is 2.85. The van der Waals surface area contributed by atoms with E-state index in [0.717, 1.165) is 44.9 Å². The molecule has 16 heavy (non-hydrogen) atoms. The maximum Gasteiger partial charge on any atom is 0.240 e. The zero-order valence-corrected chi connectivity index (χ0v) is 9.74. The highest BCUT2D eigenvalue weighted by Crippen LogP contribution is 2.28. The summed E-state index contributed by atoms with van der Waals surface area (Å²) in [4.78, 5) is 11.9. The molecule has 2 aliphatic carbocycles. The number of nitrogens with two attached hydrogens (primary N) is 1. The Morgan fingerprint density at radius 3 is 2.56 bits per heavy atom. The van der Waals surface area contributed by atoms with Gasteiger partial charge in [-0.3, -0.25) is 4.79 Å². The van der Waals surface area contributed by atoms with Crippen LogP contribution in [0.3, 0.4) is 0 Å². The smallest absolute Gasteiger partial charge is 0.240 e. The molecule has 0 saturated heterocycles. The standard InChI is InChI=1S/C12H22N2O2/c13-12(6-1-2-7-12)11(16)14-8-9-4-3-5-10(9)15/h9-10,15H,1-8,13H2,(H,14,16). The van der Waals surface area contributed by atoms with E-state index in [1.165, 1.54) is 0 Å². The molecule has 2 fully saturated rings. The minimum Gasteiger partial charge on any atom is -0.393 e. The zero-order chi connectivity index (χ0) is 11.6.